The second kappa shape index (κ2) is 7.05. The standard InChI is InChI=1S/C11H16F3N3O3S/c1-2-15-10-9(4-3-5-16-10)21(19,20)17(6-7-18)8-11(12,13)14/h3-5,18H,2,6-8H2,1H3,(H,15,16). The number of aliphatic hydroxyl groups is 1. The van der Waals surface area contributed by atoms with Crippen molar-refractivity contribution >= 4 is 15.8 Å². The lowest BCUT2D eigenvalue weighted by Gasteiger charge is -2.23. The highest BCUT2D eigenvalue weighted by Crippen LogP contribution is 2.25. The van der Waals surface area contributed by atoms with Gasteiger partial charge in [0.15, 0.2) is 0 Å². The zero-order chi connectivity index (χ0) is 16.1. The van der Waals surface area contributed by atoms with Gasteiger partial charge in [-0.25, -0.2) is 13.4 Å². The van der Waals surface area contributed by atoms with Crippen molar-refractivity contribution in [1.29, 1.82) is 0 Å². The first-order valence-corrected chi connectivity index (χ1v) is 7.53. The van der Waals surface area contributed by atoms with Gasteiger partial charge in [-0.05, 0) is 19.1 Å². The SMILES string of the molecule is CCNc1ncccc1S(=O)(=O)N(CCO)CC(F)(F)F. The summed E-state index contributed by atoms with van der Waals surface area (Å²) in [6.45, 7) is -0.976. The van der Waals surface area contributed by atoms with Crippen LogP contribution in [0.15, 0.2) is 23.2 Å². The molecule has 120 valence electrons. The quantitative estimate of drug-likeness (QED) is 0.782. The summed E-state index contributed by atoms with van der Waals surface area (Å²) in [6.07, 6.45) is -3.38. The van der Waals surface area contributed by atoms with E-state index >= 15 is 0 Å². The maximum absolute atomic E-state index is 12.5. The van der Waals surface area contributed by atoms with Gasteiger partial charge >= 0.3 is 6.18 Å². The van der Waals surface area contributed by atoms with E-state index in [1.807, 2.05) is 0 Å². The van der Waals surface area contributed by atoms with Gasteiger partial charge in [-0.2, -0.15) is 17.5 Å². The molecular formula is C11H16F3N3O3S. The highest BCUT2D eigenvalue weighted by Gasteiger charge is 2.37. The number of sulfonamides is 1. The van der Waals surface area contributed by atoms with Gasteiger partial charge in [0.25, 0.3) is 0 Å². The Hall–Kier alpha value is -1.39. The summed E-state index contributed by atoms with van der Waals surface area (Å²) < 4.78 is 62.4. The minimum atomic E-state index is -4.71. The lowest BCUT2D eigenvalue weighted by molar-refractivity contribution is -0.136. The zero-order valence-electron chi connectivity index (χ0n) is 11.3. The van der Waals surface area contributed by atoms with Crippen LogP contribution in [0.5, 0.6) is 0 Å². The molecule has 0 aromatic carbocycles. The van der Waals surface area contributed by atoms with Crippen LogP contribution in [0, 0.1) is 0 Å². The fraction of sp³-hybridized carbons (Fsp3) is 0.545. The summed E-state index contributed by atoms with van der Waals surface area (Å²) in [6, 6.07) is 2.49. The fourth-order valence-electron chi connectivity index (χ4n) is 1.63. The maximum Gasteiger partial charge on any atom is 0.402 e. The molecule has 1 rings (SSSR count). The molecule has 0 atom stereocenters. The Bertz CT molecular complexity index is 563. The van der Waals surface area contributed by atoms with Gasteiger partial charge in [-0.15, -0.1) is 0 Å². The van der Waals surface area contributed by atoms with Crippen molar-refractivity contribution in [2.45, 2.75) is 18.0 Å². The lowest BCUT2D eigenvalue weighted by atomic mass is 10.4. The zero-order valence-corrected chi connectivity index (χ0v) is 12.1. The van der Waals surface area contributed by atoms with Gasteiger partial charge < -0.3 is 10.4 Å². The highest BCUT2D eigenvalue weighted by molar-refractivity contribution is 7.89. The Kier molecular flexibility index (Phi) is 5.93. The third kappa shape index (κ3) is 4.83. The number of nitrogens with one attached hydrogen (secondary N) is 1. The Morgan fingerprint density at radius 3 is 2.62 bits per heavy atom. The van der Waals surface area contributed by atoms with E-state index in [0.717, 1.165) is 0 Å². The molecule has 0 spiro atoms. The molecule has 0 aliphatic rings. The number of hydrogen-bond acceptors (Lipinski definition) is 5. The molecule has 0 bridgehead atoms. The number of anilines is 1. The number of alkyl halides is 3. The van der Waals surface area contributed by atoms with Crippen LogP contribution >= 0.6 is 0 Å². The minimum Gasteiger partial charge on any atom is -0.395 e. The monoisotopic (exact) mass is 327 g/mol. The van der Waals surface area contributed by atoms with Gasteiger partial charge in [-0.1, -0.05) is 0 Å². The van der Waals surface area contributed by atoms with Crippen LogP contribution in [-0.2, 0) is 10.0 Å². The summed E-state index contributed by atoms with van der Waals surface area (Å²) in [4.78, 5) is 3.46. The van der Waals surface area contributed by atoms with E-state index in [-0.39, 0.29) is 15.0 Å². The summed E-state index contributed by atoms with van der Waals surface area (Å²) in [5.74, 6) is -0.0230. The summed E-state index contributed by atoms with van der Waals surface area (Å²) in [5, 5.41) is 11.5. The molecule has 0 saturated carbocycles. The van der Waals surface area contributed by atoms with Gasteiger partial charge in [0.2, 0.25) is 10.0 Å². The second-order valence-electron chi connectivity index (χ2n) is 4.06. The molecule has 0 aliphatic carbocycles. The largest absolute Gasteiger partial charge is 0.402 e. The van der Waals surface area contributed by atoms with Crippen molar-refractivity contribution in [3.05, 3.63) is 18.3 Å². The van der Waals surface area contributed by atoms with Crippen molar-refractivity contribution < 1.29 is 26.7 Å². The van der Waals surface area contributed by atoms with E-state index in [4.69, 9.17) is 5.11 Å². The molecule has 2 N–H and O–H groups in total. The van der Waals surface area contributed by atoms with Crippen LogP contribution in [0.2, 0.25) is 0 Å². The number of aliphatic hydroxyl groups excluding tert-OH is 1. The number of rotatable bonds is 7. The number of aromatic nitrogens is 1. The van der Waals surface area contributed by atoms with Crippen LogP contribution in [-0.4, -0.2) is 55.2 Å². The molecule has 0 saturated heterocycles. The van der Waals surface area contributed by atoms with Crippen molar-refractivity contribution in [2.24, 2.45) is 0 Å². The molecule has 1 heterocycles. The average Bonchev–Trinajstić information content (AvgIpc) is 2.37. The Morgan fingerprint density at radius 1 is 1.43 bits per heavy atom. The smallest absolute Gasteiger partial charge is 0.395 e. The van der Waals surface area contributed by atoms with Crippen LogP contribution < -0.4 is 5.32 Å². The molecular weight excluding hydrogens is 311 g/mol. The van der Waals surface area contributed by atoms with Crippen molar-refractivity contribution in [2.75, 3.05) is 31.6 Å². The molecule has 0 unspecified atom stereocenters. The minimum absolute atomic E-state index is 0.0230. The van der Waals surface area contributed by atoms with Gasteiger partial charge in [0.1, 0.15) is 17.3 Å². The van der Waals surface area contributed by atoms with Crippen LogP contribution in [0.4, 0.5) is 19.0 Å². The maximum atomic E-state index is 12.5. The molecule has 21 heavy (non-hydrogen) atoms. The third-order valence-corrected chi connectivity index (χ3v) is 4.31. The topological polar surface area (TPSA) is 82.5 Å². The third-order valence-electron chi connectivity index (χ3n) is 2.44. The average molecular weight is 327 g/mol. The van der Waals surface area contributed by atoms with Gasteiger partial charge in [0.05, 0.1) is 6.61 Å². The molecule has 0 radical (unpaired) electrons. The van der Waals surface area contributed by atoms with E-state index in [0.29, 0.717) is 6.54 Å². The summed E-state index contributed by atoms with van der Waals surface area (Å²) in [5.41, 5.74) is 0. The van der Waals surface area contributed by atoms with E-state index in [1.54, 1.807) is 6.92 Å². The van der Waals surface area contributed by atoms with E-state index in [1.165, 1.54) is 18.3 Å². The molecule has 0 aliphatic heterocycles. The Balaban J connectivity index is 3.23. The normalized spacial score (nSPS) is 12.7. The highest BCUT2D eigenvalue weighted by atomic mass is 32.2. The fourth-order valence-corrected chi connectivity index (χ4v) is 3.17. The molecule has 6 nitrogen and oxygen atoms in total. The van der Waals surface area contributed by atoms with Gasteiger partial charge in [0, 0.05) is 19.3 Å². The lowest BCUT2D eigenvalue weighted by Crippen LogP contribution is -2.40. The van der Waals surface area contributed by atoms with Gasteiger partial charge in [-0.3, -0.25) is 0 Å². The Morgan fingerprint density at radius 2 is 2.10 bits per heavy atom. The number of halogens is 3. The Labute approximate surface area is 120 Å². The predicted molar refractivity (Wildman–Crippen MR) is 70.3 cm³/mol. The molecule has 0 amide bonds. The first-order chi connectivity index (χ1) is 9.72. The first-order valence-electron chi connectivity index (χ1n) is 6.09. The van der Waals surface area contributed by atoms with E-state index < -0.39 is 35.9 Å². The molecule has 1 aromatic rings. The van der Waals surface area contributed by atoms with E-state index in [2.05, 4.69) is 10.3 Å². The molecule has 1 aromatic heterocycles. The van der Waals surface area contributed by atoms with Crippen LogP contribution in [0.25, 0.3) is 0 Å². The number of hydrogen-bond donors (Lipinski definition) is 2. The van der Waals surface area contributed by atoms with Crippen LogP contribution in [0.1, 0.15) is 6.92 Å². The van der Waals surface area contributed by atoms with Crippen molar-refractivity contribution in [1.82, 2.24) is 9.29 Å². The second-order valence-corrected chi connectivity index (χ2v) is 5.96. The molecule has 10 heteroatoms. The number of pyridine rings is 1. The summed E-state index contributed by atoms with van der Waals surface area (Å²) in [7, 11) is -4.42. The van der Waals surface area contributed by atoms with E-state index in [9.17, 15) is 21.6 Å². The summed E-state index contributed by atoms with van der Waals surface area (Å²) >= 11 is 0. The number of nitrogens with zero attached hydrogens (tertiary/aromatic N) is 2. The van der Waals surface area contributed by atoms with Crippen molar-refractivity contribution in [3.8, 4) is 0 Å². The van der Waals surface area contributed by atoms with Crippen LogP contribution in [0.3, 0.4) is 0 Å². The van der Waals surface area contributed by atoms with Crippen molar-refractivity contribution in [3.63, 3.8) is 0 Å². The first kappa shape index (κ1) is 17.7. The molecule has 0 fully saturated rings. The predicted octanol–water partition coefficient (Wildman–Crippen LogP) is 1.06.